The number of hydrogen-bond donors (Lipinski definition) is 1. The van der Waals surface area contributed by atoms with Crippen LogP contribution in [0.1, 0.15) is 52.9 Å². The van der Waals surface area contributed by atoms with Gasteiger partial charge in [0.05, 0.1) is 6.54 Å². The van der Waals surface area contributed by atoms with E-state index in [4.69, 9.17) is 4.99 Å². The molecular weight excluding hydrogens is 387 g/mol. The van der Waals surface area contributed by atoms with Crippen LogP contribution in [0.15, 0.2) is 4.99 Å². The highest BCUT2D eigenvalue weighted by Crippen LogP contribution is 2.18. The Morgan fingerprint density at radius 1 is 1.09 bits per heavy atom. The molecule has 2 rings (SSSR count). The third-order valence-electron chi connectivity index (χ3n) is 5.03. The molecule has 2 aliphatic heterocycles. The van der Waals surface area contributed by atoms with Crippen LogP contribution in [0.2, 0.25) is 0 Å². The lowest BCUT2D eigenvalue weighted by molar-refractivity contribution is 0.161. The van der Waals surface area contributed by atoms with E-state index >= 15 is 0 Å². The second kappa shape index (κ2) is 10.7. The van der Waals surface area contributed by atoms with E-state index in [-0.39, 0.29) is 24.0 Å². The van der Waals surface area contributed by atoms with Gasteiger partial charge in [0.25, 0.3) is 0 Å². The van der Waals surface area contributed by atoms with Crippen molar-refractivity contribution < 1.29 is 0 Å². The van der Waals surface area contributed by atoms with Gasteiger partial charge in [-0.3, -0.25) is 9.89 Å². The van der Waals surface area contributed by atoms with Crippen LogP contribution in [-0.4, -0.2) is 61.1 Å². The van der Waals surface area contributed by atoms with Crippen molar-refractivity contribution in [1.29, 1.82) is 0 Å². The van der Waals surface area contributed by atoms with Crippen LogP contribution in [0.3, 0.4) is 0 Å². The fourth-order valence-corrected chi connectivity index (χ4v) is 3.52. The summed E-state index contributed by atoms with van der Waals surface area (Å²) < 4.78 is 0. The number of rotatable bonds is 4. The Labute approximate surface area is 154 Å². The maximum absolute atomic E-state index is 4.97. The van der Waals surface area contributed by atoms with Gasteiger partial charge in [0.1, 0.15) is 0 Å². The van der Waals surface area contributed by atoms with Crippen molar-refractivity contribution in [2.75, 3.05) is 39.3 Å². The minimum absolute atomic E-state index is 0. The van der Waals surface area contributed by atoms with Crippen molar-refractivity contribution in [2.45, 2.75) is 58.9 Å². The van der Waals surface area contributed by atoms with Gasteiger partial charge in [-0.1, -0.05) is 20.3 Å². The zero-order valence-electron chi connectivity index (χ0n) is 14.7. The molecular formula is C17H35IN4. The molecule has 1 unspecified atom stereocenters. The van der Waals surface area contributed by atoms with Crippen LogP contribution < -0.4 is 5.32 Å². The number of aliphatic imine (C=N–C) groups is 1. The predicted octanol–water partition coefficient (Wildman–Crippen LogP) is 3.18. The molecule has 2 saturated heterocycles. The van der Waals surface area contributed by atoms with Crippen LogP contribution >= 0.6 is 24.0 Å². The van der Waals surface area contributed by atoms with Crippen LogP contribution in [0.5, 0.6) is 0 Å². The van der Waals surface area contributed by atoms with E-state index in [0.29, 0.717) is 6.04 Å². The molecule has 5 heteroatoms. The highest BCUT2D eigenvalue weighted by atomic mass is 127. The van der Waals surface area contributed by atoms with E-state index in [1.165, 1.54) is 38.6 Å². The summed E-state index contributed by atoms with van der Waals surface area (Å²) >= 11 is 0. The predicted molar refractivity (Wildman–Crippen MR) is 106 cm³/mol. The van der Waals surface area contributed by atoms with Gasteiger partial charge in [-0.05, 0) is 51.6 Å². The molecule has 0 aromatic heterocycles. The molecule has 4 nitrogen and oxygen atoms in total. The summed E-state index contributed by atoms with van der Waals surface area (Å²) in [5.74, 6) is 2.02. The summed E-state index contributed by atoms with van der Waals surface area (Å²) in [5.41, 5.74) is 0. The summed E-state index contributed by atoms with van der Waals surface area (Å²) in [6.45, 7) is 13.5. The van der Waals surface area contributed by atoms with Gasteiger partial charge in [0, 0.05) is 25.7 Å². The molecule has 0 aliphatic carbocycles. The van der Waals surface area contributed by atoms with Gasteiger partial charge in [-0.25, -0.2) is 0 Å². The van der Waals surface area contributed by atoms with E-state index in [1.807, 2.05) is 0 Å². The average Bonchev–Trinajstić information content (AvgIpc) is 2.52. The van der Waals surface area contributed by atoms with Crippen molar-refractivity contribution in [3.8, 4) is 0 Å². The molecule has 0 spiro atoms. The van der Waals surface area contributed by atoms with Crippen LogP contribution in [0.4, 0.5) is 0 Å². The summed E-state index contributed by atoms with van der Waals surface area (Å²) in [6.07, 6.45) is 6.64. The maximum atomic E-state index is 4.97. The van der Waals surface area contributed by atoms with Gasteiger partial charge < -0.3 is 10.2 Å². The first-order valence-corrected chi connectivity index (χ1v) is 9.01. The Morgan fingerprint density at radius 3 is 2.45 bits per heavy atom. The molecule has 0 amide bonds. The number of hydrogen-bond acceptors (Lipinski definition) is 2. The smallest absolute Gasteiger partial charge is 0.193 e. The Bertz CT molecular complexity index is 327. The molecule has 0 radical (unpaired) electrons. The lowest BCUT2D eigenvalue weighted by atomic mass is 9.99. The largest absolute Gasteiger partial charge is 0.357 e. The Kier molecular flexibility index (Phi) is 9.71. The first-order chi connectivity index (χ1) is 10.2. The average molecular weight is 422 g/mol. The molecule has 1 atom stereocenters. The molecule has 2 aliphatic rings. The second-order valence-corrected chi connectivity index (χ2v) is 6.64. The lowest BCUT2D eigenvalue weighted by Crippen LogP contribution is -2.47. The van der Waals surface area contributed by atoms with Gasteiger partial charge in [-0.2, -0.15) is 0 Å². The molecule has 0 saturated carbocycles. The van der Waals surface area contributed by atoms with Crippen LogP contribution in [0.25, 0.3) is 0 Å². The number of piperidine rings is 2. The third kappa shape index (κ3) is 5.87. The van der Waals surface area contributed by atoms with Crippen molar-refractivity contribution in [3.63, 3.8) is 0 Å². The molecule has 22 heavy (non-hydrogen) atoms. The first-order valence-electron chi connectivity index (χ1n) is 9.01. The summed E-state index contributed by atoms with van der Waals surface area (Å²) in [4.78, 5) is 10.0. The standard InChI is InChI=1S/C17H34N4.HI/c1-4-18-17(21-12-9-15(3)10-13-21)19-14-16-8-6-7-11-20(16)5-2;/h15-16H,4-14H2,1-3H3,(H,18,19);1H. The molecule has 130 valence electrons. The van der Waals surface area contributed by atoms with Gasteiger partial charge in [-0.15, -0.1) is 24.0 Å². The number of nitrogens with one attached hydrogen (secondary N) is 1. The normalized spacial score (nSPS) is 25.0. The SMILES string of the molecule is CCNC(=NCC1CCCCN1CC)N1CCC(C)CC1.I. The van der Waals surface area contributed by atoms with Crippen LogP contribution in [0, 0.1) is 5.92 Å². The summed E-state index contributed by atoms with van der Waals surface area (Å²) in [7, 11) is 0. The van der Waals surface area contributed by atoms with E-state index in [1.54, 1.807) is 0 Å². The number of nitrogens with zero attached hydrogens (tertiary/aromatic N) is 3. The fraction of sp³-hybridized carbons (Fsp3) is 0.941. The van der Waals surface area contributed by atoms with E-state index < -0.39 is 0 Å². The quantitative estimate of drug-likeness (QED) is 0.429. The molecule has 2 fully saturated rings. The summed E-state index contributed by atoms with van der Waals surface area (Å²) in [6, 6.07) is 0.654. The van der Waals surface area contributed by atoms with Crippen molar-refractivity contribution >= 4 is 29.9 Å². The minimum atomic E-state index is 0. The van der Waals surface area contributed by atoms with Gasteiger partial charge >= 0.3 is 0 Å². The first kappa shape index (κ1) is 20.0. The molecule has 0 bridgehead atoms. The maximum Gasteiger partial charge on any atom is 0.193 e. The fourth-order valence-electron chi connectivity index (χ4n) is 3.52. The van der Waals surface area contributed by atoms with Gasteiger partial charge in [0.2, 0.25) is 0 Å². The monoisotopic (exact) mass is 422 g/mol. The summed E-state index contributed by atoms with van der Waals surface area (Å²) in [5, 5.41) is 3.50. The number of guanidine groups is 1. The Morgan fingerprint density at radius 2 is 1.82 bits per heavy atom. The van der Waals surface area contributed by atoms with Crippen LogP contribution in [-0.2, 0) is 0 Å². The lowest BCUT2D eigenvalue weighted by Gasteiger charge is -2.35. The van der Waals surface area contributed by atoms with E-state index in [9.17, 15) is 0 Å². The zero-order chi connectivity index (χ0) is 15.1. The van der Waals surface area contributed by atoms with Crippen molar-refractivity contribution in [2.24, 2.45) is 10.9 Å². The molecule has 2 heterocycles. The molecule has 1 N–H and O–H groups in total. The van der Waals surface area contributed by atoms with E-state index in [2.05, 4.69) is 35.9 Å². The second-order valence-electron chi connectivity index (χ2n) is 6.64. The Hall–Kier alpha value is -0.0400. The number of halogens is 1. The van der Waals surface area contributed by atoms with Gasteiger partial charge in [0.15, 0.2) is 5.96 Å². The number of likely N-dealkylation sites (tertiary alicyclic amines) is 2. The minimum Gasteiger partial charge on any atom is -0.357 e. The van der Waals surface area contributed by atoms with E-state index in [0.717, 1.165) is 44.6 Å². The molecule has 0 aromatic rings. The molecule has 0 aromatic carbocycles. The number of likely N-dealkylation sites (N-methyl/N-ethyl adjacent to an activating group) is 1. The van der Waals surface area contributed by atoms with Crippen molar-refractivity contribution in [3.05, 3.63) is 0 Å². The topological polar surface area (TPSA) is 30.9 Å². The Balaban J connectivity index is 0.00000242. The zero-order valence-corrected chi connectivity index (χ0v) is 17.0. The van der Waals surface area contributed by atoms with Crippen molar-refractivity contribution in [1.82, 2.24) is 15.1 Å². The highest BCUT2D eigenvalue weighted by Gasteiger charge is 2.22. The highest BCUT2D eigenvalue weighted by molar-refractivity contribution is 14.0. The third-order valence-corrected chi connectivity index (χ3v) is 5.03.